The van der Waals surface area contributed by atoms with Crippen molar-refractivity contribution in [1.29, 1.82) is 0 Å². The van der Waals surface area contributed by atoms with Gasteiger partial charge >= 0.3 is 22.8 Å². The summed E-state index contributed by atoms with van der Waals surface area (Å²) in [6, 6.07) is 37.0. The second kappa shape index (κ2) is 26.7. The quantitative estimate of drug-likeness (QED) is 0.0153. The molecular weight excluding hydrogens is 982 g/mol. The van der Waals surface area contributed by atoms with E-state index in [9.17, 15) is 23.5 Å². The molecule has 3 aromatic carbocycles. The molecule has 4 aromatic heterocycles. The molecule has 7 aromatic rings. The molecule has 384 valence electrons. The van der Waals surface area contributed by atoms with Crippen molar-refractivity contribution < 1.29 is 56.8 Å². The van der Waals surface area contributed by atoms with Crippen molar-refractivity contribution >= 4 is 22.8 Å². The van der Waals surface area contributed by atoms with Crippen molar-refractivity contribution in [2.24, 2.45) is 0 Å². The van der Waals surface area contributed by atoms with E-state index < -0.39 is 22.8 Å². The number of aryl methyl sites for hydroxylation is 3. The van der Waals surface area contributed by atoms with Gasteiger partial charge in [-0.1, -0.05) is 111 Å². The van der Waals surface area contributed by atoms with Crippen LogP contribution in [0.25, 0.3) is 67.5 Å². The number of rotatable bonds is 28. The minimum absolute atomic E-state index is 0.0305. The van der Waals surface area contributed by atoms with Crippen molar-refractivity contribution in [1.82, 2.24) is 15.0 Å². The Kier molecular flexibility index (Phi) is 20.2. The van der Waals surface area contributed by atoms with Crippen LogP contribution in [0.2, 0.25) is 0 Å². The van der Waals surface area contributed by atoms with E-state index >= 15 is 0 Å². The van der Waals surface area contributed by atoms with Crippen LogP contribution in [0.5, 0.6) is 0 Å². The molecule has 0 radical (unpaired) electrons. The third-order valence-corrected chi connectivity index (χ3v) is 15.5. The number of unbranched alkanes of at least 4 members (excludes halogenated alkanes) is 10. The van der Waals surface area contributed by atoms with Gasteiger partial charge in [0.2, 0.25) is 0 Å². The van der Waals surface area contributed by atoms with Gasteiger partial charge in [0.05, 0.1) is 6.16 Å². The molecule has 0 bridgehead atoms. The molecule has 0 saturated heterocycles. The average molecular weight is 1050 g/mol. The van der Waals surface area contributed by atoms with Gasteiger partial charge in [-0.05, 0) is 59.1 Å². The summed E-state index contributed by atoms with van der Waals surface area (Å²) in [7, 11) is -11.8. The van der Waals surface area contributed by atoms with Crippen LogP contribution in [-0.4, -0.2) is 62.8 Å². The van der Waals surface area contributed by atoms with Crippen LogP contribution in [0.3, 0.4) is 0 Å². The number of hydrogen-bond donors (Lipinski definition) is 6. The van der Waals surface area contributed by atoms with Gasteiger partial charge in [0.25, 0.3) is 0 Å². The minimum Gasteiger partial charge on any atom is -0.324 e. The largest absolute Gasteiger partial charge is 0.325 e. The van der Waals surface area contributed by atoms with E-state index in [0.29, 0.717) is 43.3 Å². The van der Waals surface area contributed by atoms with Crippen LogP contribution >= 0.6 is 22.8 Å². The Balaban J connectivity index is 1.03. The first kappa shape index (κ1) is 55.3. The summed E-state index contributed by atoms with van der Waals surface area (Å²) in [6.07, 6.45) is 23.5. The zero-order valence-electron chi connectivity index (χ0n) is 41.2. The third kappa shape index (κ3) is 18.8. The number of pyridine rings is 3. The molecule has 0 aliphatic rings. The summed E-state index contributed by atoms with van der Waals surface area (Å²) in [5.74, 6) is 1.63. The van der Waals surface area contributed by atoms with Gasteiger partial charge in [-0.15, -0.1) is 0 Å². The first-order chi connectivity index (χ1) is 35.0. The van der Waals surface area contributed by atoms with Crippen LogP contribution in [-0.2, 0) is 33.3 Å². The Morgan fingerprint density at radius 1 is 0.274 bits per heavy atom. The van der Waals surface area contributed by atoms with Crippen LogP contribution < -0.4 is 13.7 Å². The number of aromatic nitrogens is 6. The second-order valence-electron chi connectivity index (χ2n) is 18.8. The molecule has 7 rings (SSSR count). The highest BCUT2D eigenvalue weighted by Crippen LogP contribution is 2.37. The maximum absolute atomic E-state index is 11.3. The lowest BCUT2D eigenvalue weighted by molar-refractivity contribution is -0.697. The summed E-state index contributed by atoms with van der Waals surface area (Å²) in [4.78, 5) is 69.7. The van der Waals surface area contributed by atoms with Crippen LogP contribution in [0.15, 0.2) is 146 Å². The summed E-state index contributed by atoms with van der Waals surface area (Å²) < 4.78 is 39.7. The van der Waals surface area contributed by atoms with Gasteiger partial charge in [0, 0.05) is 84.7 Å². The summed E-state index contributed by atoms with van der Waals surface area (Å²) in [5.41, 5.74) is 8.85. The maximum atomic E-state index is 11.3. The smallest absolute Gasteiger partial charge is 0.324 e. The molecule has 15 nitrogen and oxygen atoms in total. The number of nitrogens with zero attached hydrogens (tertiary/aromatic N) is 6. The van der Waals surface area contributed by atoms with Gasteiger partial charge in [0.15, 0.2) is 54.7 Å². The molecule has 0 aliphatic heterocycles. The summed E-state index contributed by atoms with van der Waals surface area (Å²) in [6.45, 7) is 2.32. The molecule has 0 saturated carbocycles. The maximum Gasteiger partial charge on any atom is 0.325 e. The molecule has 18 heteroatoms. The van der Waals surface area contributed by atoms with Crippen LogP contribution in [0, 0.1) is 0 Å². The van der Waals surface area contributed by atoms with Gasteiger partial charge in [0.1, 0.15) is 19.6 Å². The molecule has 0 spiro atoms. The molecule has 0 fully saturated rings. The molecule has 0 atom stereocenters. The molecule has 6 N–H and O–H groups in total. The highest BCUT2D eigenvalue weighted by molar-refractivity contribution is 7.52. The molecule has 4 heterocycles. The predicted octanol–water partition coefficient (Wildman–Crippen LogP) is 10.3. The van der Waals surface area contributed by atoms with E-state index in [4.69, 9.17) is 34.5 Å². The summed E-state index contributed by atoms with van der Waals surface area (Å²) >= 11 is 0. The average Bonchev–Trinajstić information content (AvgIpc) is 3.37. The van der Waals surface area contributed by atoms with Crippen LogP contribution in [0.1, 0.15) is 83.5 Å². The number of benzene rings is 3. The third-order valence-electron chi connectivity index (χ3n) is 12.8. The van der Waals surface area contributed by atoms with E-state index in [-0.39, 0.29) is 18.5 Å². The standard InChI is InChI=1S/C55H65N6O9P3/c62-71(63,64)41-11-7-3-1-5-9-32-59-35-26-47(27-36-59)44-14-20-50(21-15-44)53-56-54(58-55(57-53)52-24-18-46(19-25-52)49-30-39-61(40-31-49)34-13-43-73(68,69)70)51-22-16-45(17-23-51)48-28-37-60(38-29-48)33-10-6-2-4-8-12-42-72(65,66)67/h14-31,35-40H,1-13,32-34,41-43H2,(H3-3,62,63,64,65,66,67,68,69,70)/p+3. The van der Waals surface area contributed by atoms with Crippen molar-refractivity contribution in [3.8, 4) is 67.5 Å². The topological polar surface area (TPSA) is 223 Å². The van der Waals surface area contributed by atoms with Crippen molar-refractivity contribution in [3.63, 3.8) is 0 Å². The van der Waals surface area contributed by atoms with E-state index in [1.807, 2.05) is 77.6 Å². The zero-order valence-corrected chi connectivity index (χ0v) is 43.9. The zero-order chi connectivity index (χ0) is 51.7. The fourth-order valence-corrected chi connectivity index (χ4v) is 10.5. The molecule has 0 unspecified atom stereocenters. The lowest BCUT2D eigenvalue weighted by Crippen LogP contribution is -2.32. The highest BCUT2D eigenvalue weighted by atomic mass is 31.2. The lowest BCUT2D eigenvalue weighted by Gasteiger charge is -2.10. The Bertz CT molecular complexity index is 2820. The van der Waals surface area contributed by atoms with Gasteiger partial charge in [-0.3, -0.25) is 13.7 Å². The molecular formula is C55H68N6O9P3+3. The van der Waals surface area contributed by atoms with Crippen molar-refractivity contribution in [3.05, 3.63) is 146 Å². The Morgan fingerprint density at radius 2 is 0.479 bits per heavy atom. The fourth-order valence-electron chi connectivity index (χ4n) is 8.69. The fraction of sp³-hybridized carbons (Fsp3) is 0.345. The Morgan fingerprint density at radius 3 is 0.753 bits per heavy atom. The van der Waals surface area contributed by atoms with Gasteiger partial charge in [-0.25, -0.2) is 28.7 Å². The van der Waals surface area contributed by atoms with E-state index in [1.165, 1.54) is 0 Å². The number of hydrogen-bond acceptors (Lipinski definition) is 6. The van der Waals surface area contributed by atoms with Gasteiger partial charge in [-0.2, -0.15) is 0 Å². The normalized spacial score (nSPS) is 12.1. The Labute approximate surface area is 428 Å². The second-order valence-corrected chi connectivity index (χ2v) is 24.1. The lowest BCUT2D eigenvalue weighted by atomic mass is 10.0. The first-order valence-corrected chi connectivity index (χ1v) is 30.6. The Hall–Kier alpha value is -5.43. The molecule has 73 heavy (non-hydrogen) atoms. The van der Waals surface area contributed by atoms with Crippen molar-refractivity contribution in [2.45, 2.75) is 103 Å². The minimum atomic E-state index is -4.03. The predicted molar refractivity (Wildman–Crippen MR) is 284 cm³/mol. The van der Waals surface area contributed by atoms with E-state index in [1.54, 1.807) is 0 Å². The summed E-state index contributed by atoms with van der Waals surface area (Å²) in [5, 5.41) is 0. The van der Waals surface area contributed by atoms with E-state index in [0.717, 1.165) is 127 Å². The van der Waals surface area contributed by atoms with Crippen LogP contribution in [0.4, 0.5) is 0 Å². The SMILES string of the molecule is O=P(O)(O)CCCCCCCC[n+]1ccc(-c2ccc(-c3nc(-c4ccc(-c5cc[n+](CCCCCCCCP(=O)(O)O)cc5)cc4)nc(-c4ccc(-c5cc[n+](CCCP(=O)(O)O)cc5)cc4)n3)cc2)cc1. The highest BCUT2D eigenvalue weighted by Gasteiger charge is 2.17. The molecule has 0 amide bonds. The molecule has 0 aliphatic carbocycles. The monoisotopic (exact) mass is 1050 g/mol. The first-order valence-electron chi connectivity index (χ1n) is 25.2. The van der Waals surface area contributed by atoms with Gasteiger partial charge < -0.3 is 29.4 Å². The van der Waals surface area contributed by atoms with E-state index in [2.05, 4.69) is 82.5 Å². The van der Waals surface area contributed by atoms with Crippen molar-refractivity contribution in [2.75, 3.05) is 18.5 Å².